The SMILES string of the molecule is CCN(c1ccccc1)c1cnc(C(=O)Nc2c(C)cccc2C)cn1. The van der Waals surface area contributed by atoms with Crippen molar-refractivity contribution in [3.63, 3.8) is 0 Å². The zero-order valence-corrected chi connectivity index (χ0v) is 15.2. The summed E-state index contributed by atoms with van der Waals surface area (Å²) < 4.78 is 0. The van der Waals surface area contributed by atoms with E-state index in [2.05, 4.69) is 22.2 Å². The number of anilines is 3. The van der Waals surface area contributed by atoms with E-state index in [4.69, 9.17) is 0 Å². The Morgan fingerprint density at radius 1 is 0.962 bits per heavy atom. The van der Waals surface area contributed by atoms with Gasteiger partial charge in [-0.25, -0.2) is 9.97 Å². The number of para-hydroxylation sites is 2. The van der Waals surface area contributed by atoms with E-state index in [9.17, 15) is 4.79 Å². The quantitative estimate of drug-likeness (QED) is 0.739. The molecule has 26 heavy (non-hydrogen) atoms. The Bertz CT molecular complexity index is 871. The van der Waals surface area contributed by atoms with Gasteiger partial charge in [-0.1, -0.05) is 36.4 Å². The third-order valence-corrected chi connectivity index (χ3v) is 4.25. The van der Waals surface area contributed by atoms with Gasteiger partial charge in [-0.05, 0) is 44.0 Å². The number of nitrogens with one attached hydrogen (secondary N) is 1. The van der Waals surface area contributed by atoms with Crippen molar-refractivity contribution in [1.29, 1.82) is 0 Å². The van der Waals surface area contributed by atoms with Crippen molar-refractivity contribution in [1.82, 2.24) is 9.97 Å². The minimum Gasteiger partial charge on any atom is -0.325 e. The molecule has 0 unspecified atom stereocenters. The van der Waals surface area contributed by atoms with Crippen LogP contribution >= 0.6 is 0 Å². The molecular formula is C21H22N4O. The van der Waals surface area contributed by atoms with Crippen LogP contribution in [-0.2, 0) is 0 Å². The Balaban J connectivity index is 1.80. The van der Waals surface area contributed by atoms with Crippen LogP contribution in [0.25, 0.3) is 0 Å². The number of carbonyl (C=O) groups is 1. The number of hydrogen-bond donors (Lipinski definition) is 1. The smallest absolute Gasteiger partial charge is 0.275 e. The Labute approximate surface area is 153 Å². The fraction of sp³-hybridized carbons (Fsp3) is 0.190. The van der Waals surface area contributed by atoms with Crippen molar-refractivity contribution in [2.45, 2.75) is 20.8 Å². The van der Waals surface area contributed by atoms with E-state index in [0.717, 1.165) is 29.0 Å². The average Bonchev–Trinajstić information content (AvgIpc) is 2.67. The Morgan fingerprint density at radius 2 is 1.65 bits per heavy atom. The van der Waals surface area contributed by atoms with Crippen LogP contribution < -0.4 is 10.2 Å². The molecular weight excluding hydrogens is 324 g/mol. The summed E-state index contributed by atoms with van der Waals surface area (Å²) in [6.07, 6.45) is 3.15. The highest BCUT2D eigenvalue weighted by Gasteiger charge is 2.13. The Kier molecular flexibility index (Phi) is 5.27. The molecule has 0 aliphatic heterocycles. The minimum absolute atomic E-state index is 0.260. The Morgan fingerprint density at radius 3 is 2.23 bits per heavy atom. The first-order chi connectivity index (χ1) is 12.6. The van der Waals surface area contributed by atoms with E-state index in [1.54, 1.807) is 6.20 Å². The number of hydrogen-bond acceptors (Lipinski definition) is 4. The summed E-state index contributed by atoms with van der Waals surface area (Å²) in [4.78, 5) is 23.3. The first kappa shape index (κ1) is 17.6. The largest absolute Gasteiger partial charge is 0.325 e. The van der Waals surface area contributed by atoms with Crippen molar-refractivity contribution in [2.24, 2.45) is 0 Å². The van der Waals surface area contributed by atoms with E-state index in [0.29, 0.717) is 11.5 Å². The van der Waals surface area contributed by atoms with Gasteiger partial charge < -0.3 is 10.2 Å². The number of carbonyl (C=O) groups excluding carboxylic acids is 1. The topological polar surface area (TPSA) is 58.1 Å². The van der Waals surface area contributed by atoms with Crippen LogP contribution in [0.2, 0.25) is 0 Å². The van der Waals surface area contributed by atoms with Gasteiger partial charge in [-0.2, -0.15) is 0 Å². The maximum absolute atomic E-state index is 12.5. The van der Waals surface area contributed by atoms with Gasteiger partial charge in [0.25, 0.3) is 5.91 Å². The zero-order chi connectivity index (χ0) is 18.5. The molecule has 1 amide bonds. The first-order valence-electron chi connectivity index (χ1n) is 8.62. The summed E-state index contributed by atoms with van der Waals surface area (Å²) in [6.45, 7) is 6.75. The van der Waals surface area contributed by atoms with Gasteiger partial charge in [0.2, 0.25) is 0 Å². The molecule has 0 saturated carbocycles. The summed E-state index contributed by atoms with van der Waals surface area (Å²) in [7, 11) is 0. The molecule has 0 fully saturated rings. The van der Waals surface area contributed by atoms with E-state index in [-0.39, 0.29) is 5.91 Å². The lowest BCUT2D eigenvalue weighted by Gasteiger charge is -2.21. The highest BCUT2D eigenvalue weighted by atomic mass is 16.1. The lowest BCUT2D eigenvalue weighted by atomic mass is 10.1. The minimum atomic E-state index is -0.260. The maximum atomic E-state index is 12.5. The number of rotatable bonds is 5. The molecule has 5 heteroatoms. The summed E-state index contributed by atoms with van der Waals surface area (Å²) in [5.74, 6) is 0.450. The van der Waals surface area contributed by atoms with E-state index in [1.165, 1.54) is 6.20 Å². The fourth-order valence-corrected chi connectivity index (χ4v) is 2.85. The molecule has 132 valence electrons. The third kappa shape index (κ3) is 3.72. The lowest BCUT2D eigenvalue weighted by molar-refractivity contribution is 0.102. The van der Waals surface area contributed by atoms with Crippen molar-refractivity contribution in [2.75, 3.05) is 16.8 Å². The standard InChI is InChI=1S/C21H22N4O/c1-4-25(17-11-6-5-7-12-17)19-14-22-18(13-23-19)21(26)24-20-15(2)9-8-10-16(20)3/h5-14H,4H2,1-3H3,(H,24,26). The molecule has 0 saturated heterocycles. The summed E-state index contributed by atoms with van der Waals surface area (Å²) in [6, 6.07) is 15.9. The monoisotopic (exact) mass is 346 g/mol. The van der Waals surface area contributed by atoms with E-state index >= 15 is 0 Å². The second-order valence-electron chi connectivity index (χ2n) is 6.06. The molecule has 0 aliphatic rings. The van der Waals surface area contributed by atoms with E-state index in [1.807, 2.05) is 67.3 Å². The van der Waals surface area contributed by atoms with Gasteiger partial charge in [-0.3, -0.25) is 4.79 Å². The molecule has 1 aromatic heterocycles. The predicted octanol–water partition coefficient (Wildman–Crippen LogP) is 4.50. The van der Waals surface area contributed by atoms with Gasteiger partial charge in [0.05, 0.1) is 12.4 Å². The van der Waals surface area contributed by atoms with E-state index < -0.39 is 0 Å². The molecule has 1 heterocycles. The van der Waals surface area contributed by atoms with Gasteiger partial charge in [0.1, 0.15) is 5.69 Å². The van der Waals surface area contributed by atoms with Crippen LogP contribution in [0, 0.1) is 13.8 Å². The summed E-state index contributed by atoms with van der Waals surface area (Å²) in [5.41, 5.74) is 4.19. The normalized spacial score (nSPS) is 10.4. The Hall–Kier alpha value is -3.21. The summed E-state index contributed by atoms with van der Waals surface area (Å²) in [5, 5.41) is 2.93. The second-order valence-corrected chi connectivity index (χ2v) is 6.06. The molecule has 0 aliphatic carbocycles. The molecule has 3 rings (SSSR count). The number of amides is 1. The molecule has 5 nitrogen and oxygen atoms in total. The first-order valence-corrected chi connectivity index (χ1v) is 8.62. The second kappa shape index (κ2) is 7.78. The lowest BCUT2D eigenvalue weighted by Crippen LogP contribution is -2.19. The number of aromatic nitrogens is 2. The number of aryl methyl sites for hydroxylation is 2. The molecule has 3 aromatic rings. The number of nitrogens with zero attached hydrogens (tertiary/aromatic N) is 3. The summed E-state index contributed by atoms with van der Waals surface area (Å²) >= 11 is 0. The average molecular weight is 346 g/mol. The molecule has 0 atom stereocenters. The van der Waals surface area contributed by atoms with Gasteiger partial charge >= 0.3 is 0 Å². The molecule has 1 N–H and O–H groups in total. The van der Waals surface area contributed by atoms with Crippen LogP contribution in [-0.4, -0.2) is 22.4 Å². The zero-order valence-electron chi connectivity index (χ0n) is 15.2. The van der Waals surface area contributed by atoms with Crippen LogP contribution in [0.5, 0.6) is 0 Å². The van der Waals surface area contributed by atoms with Gasteiger partial charge in [0, 0.05) is 17.9 Å². The van der Waals surface area contributed by atoms with Gasteiger partial charge in [-0.15, -0.1) is 0 Å². The van der Waals surface area contributed by atoms with Crippen molar-refractivity contribution < 1.29 is 4.79 Å². The highest BCUT2D eigenvalue weighted by Crippen LogP contribution is 2.23. The van der Waals surface area contributed by atoms with Gasteiger partial charge in [0.15, 0.2) is 5.82 Å². The molecule has 0 bridgehead atoms. The van der Waals surface area contributed by atoms with Crippen LogP contribution in [0.1, 0.15) is 28.5 Å². The van der Waals surface area contributed by atoms with Crippen molar-refractivity contribution in [3.05, 3.63) is 77.7 Å². The predicted molar refractivity (Wildman–Crippen MR) is 105 cm³/mol. The van der Waals surface area contributed by atoms with Crippen LogP contribution in [0.3, 0.4) is 0 Å². The number of benzene rings is 2. The molecule has 0 radical (unpaired) electrons. The van der Waals surface area contributed by atoms with Crippen LogP contribution in [0.15, 0.2) is 60.9 Å². The maximum Gasteiger partial charge on any atom is 0.275 e. The van der Waals surface area contributed by atoms with Crippen LogP contribution in [0.4, 0.5) is 17.2 Å². The van der Waals surface area contributed by atoms with Crippen molar-refractivity contribution in [3.8, 4) is 0 Å². The third-order valence-electron chi connectivity index (χ3n) is 4.25. The van der Waals surface area contributed by atoms with Crippen molar-refractivity contribution >= 4 is 23.1 Å². The molecule has 0 spiro atoms. The molecule has 2 aromatic carbocycles. The fourth-order valence-electron chi connectivity index (χ4n) is 2.85. The highest BCUT2D eigenvalue weighted by molar-refractivity contribution is 6.03.